The van der Waals surface area contributed by atoms with E-state index in [2.05, 4.69) is 88.3 Å². The number of likely N-dealkylation sites (N-methyl/N-ethyl adjacent to an activating group) is 1. The van der Waals surface area contributed by atoms with Gasteiger partial charge in [-0.05, 0) is 25.6 Å². The smallest absolute Gasteiger partial charge is 0.191 e. The lowest BCUT2D eigenvalue weighted by Gasteiger charge is -2.29. The van der Waals surface area contributed by atoms with Crippen molar-refractivity contribution in [1.29, 1.82) is 0 Å². The number of aromatic nitrogens is 3. The molecule has 0 amide bonds. The number of hydrogen-bond acceptors (Lipinski definition) is 4. The molecule has 1 aromatic heterocycles. The molecular formula is C21H36IN7. The van der Waals surface area contributed by atoms with Crippen molar-refractivity contribution in [3.8, 4) is 0 Å². The van der Waals surface area contributed by atoms with E-state index in [-0.39, 0.29) is 30.0 Å². The Bertz CT molecular complexity index is 698. The molecule has 1 atom stereocenters. The topological polar surface area (TPSA) is 70.4 Å². The van der Waals surface area contributed by atoms with E-state index in [9.17, 15) is 0 Å². The number of aryl methyl sites for hydroxylation is 1. The summed E-state index contributed by atoms with van der Waals surface area (Å²) in [6.45, 7) is 13.7. The molecule has 0 saturated carbocycles. The first-order valence-corrected chi connectivity index (χ1v) is 10.4. The Balaban J connectivity index is 0.00000420. The predicted octanol–water partition coefficient (Wildman–Crippen LogP) is 3.10. The molecular weight excluding hydrogens is 477 g/mol. The van der Waals surface area contributed by atoms with Gasteiger partial charge < -0.3 is 15.2 Å². The van der Waals surface area contributed by atoms with Crippen LogP contribution in [-0.4, -0.2) is 58.3 Å². The van der Waals surface area contributed by atoms with Crippen LogP contribution >= 0.6 is 24.0 Å². The van der Waals surface area contributed by atoms with Gasteiger partial charge in [-0.2, -0.15) is 0 Å². The van der Waals surface area contributed by atoms with E-state index in [1.54, 1.807) is 6.33 Å². The summed E-state index contributed by atoms with van der Waals surface area (Å²) in [7, 11) is 0. The van der Waals surface area contributed by atoms with Crippen molar-refractivity contribution in [2.45, 2.75) is 46.7 Å². The summed E-state index contributed by atoms with van der Waals surface area (Å²) in [5, 5.41) is 14.9. The second kappa shape index (κ2) is 14.3. The van der Waals surface area contributed by atoms with Crippen LogP contribution in [0.15, 0.2) is 41.7 Å². The molecule has 1 aromatic carbocycles. The summed E-state index contributed by atoms with van der Waals surface area (Å²) >= 11 is 0. The number of aliphatic imine (C=N–C) groups is 1. The molecule has 1 heterocycles. The van der Waals surface area contributed by atoms with E-state index >= 15 is 0 Å². The fourth-order valence-corrected chi connectivity index (χ4v) is 3.33. The van der Waals surface area contributed by atoms with E-state index < -0.39 is 0 Å². The van der Waals surface area contributed by atoms with Gasteiger partial charge in [0.15, 0.2) is 5.96 Å². The summed E-state index contributed by atoms with van der Waals surface area (Å²) in [6, 6.07) is 10.9. The van der Waals surface area contributed by atoms with E-state index in [1.165, 1.54) is 5.56 Å². The van der Waals surface area contributed by atoms with Gasteiger partial charge >= 0.3 is 0 Å². The molecule has 2 rings (SSSR count). The third-order valence-corrected chi connectivity index (χ3v) is 4.86. The summed E-state index contributed by atoms with van der Waals surface area (Å²) in [4.78, 5) is 7.33. The Labute approximate surface area is 192 Å². The highest BCUT2D eigenvalue weighted by atomic mass is 127. The van der Waals surface area contributed by atoms with Crippen molar-refractivity contribution in [1.82, 2.24) is 30.3 Å². The highest BCUT2D eigenvalue weighted by Crippen LogP contribution is 2.20. The van der Waals surface area contributed by atoms with Gasteiger partial charge in [-0.15, -0.1) is 34.2 Å². The van der Waals surface area contributed by atoms with Crippen molar-refractivity contribution >= 4 is 29.9 Å². The first-order valence-electron chi connectivity index (χ1n) is 10.4. The molecule has 0 saturated heterocycles. The normalized spacial score (nSPS) is 12.5. The van der Waals surface area contributed by atoms with E-state index in [1.807, 2.05) is 0 Å². The summed E-state index contributed by atoms with van der Waals surface area (Å²) < 4.78 is 2.08. The maximum Gasteiger partial charge on any atom is 0.191 e. The molecule has 162 valence electrons. The molecule has 2 N–H and O–H groups in total. The zero-order chi connectivity index (χ0) is 20.2. The Hall–Kier alpha value is -1.68. The third-order valence-electron chi connectivity index (χ3n) is 4.86. The van der Waals surface area contributed by atoms with Crippen LogP contribution in [0, 0.1) is 0 Å². The number of benzene rings is 1. The fourth-order valence-electron chi connectivity index (χ4n) is 3.33. The van der Waals surface area contributed by atoms with Crippen molar-refractivity contribution in [3.63, 3.8) is 0 Å². The van der Waals surface area contributed by atoms with Crippen LogP contribution in [0.3, 0.4) is 0 Å². The van der Waals surface area contributed by atoms with Gasteiger partial charge in [-0.25, -0.2) is 0 Å². The number of guanidine groups is 1. The highest BCUT2D eigenvalue weighted by Gasteiger charge is 2.17. The molecule has 0 fully saturated rings. The van der Waals surface area contributed by atoms with Crippen LogP contribution in [0.25, 0.3) is 0 Å². The Morgan fingerprint density at radius 1 is 1.10 bits per heavy atom. The quantitative estimate of drug-likeness (QED) is 0.275. The van der Waals surface area contributed by atoms with Crippen molar-refractivity contribution in [2.75, 3.05) is 32.7 Å². The molecule has 2 aromatic rings. The minimum atomic E-state index is 0. The monoisotopic (exact) mass is 513 g/mol. The van der Waals surface area contributed by atoms with Gasteiger partial charge in [-0.3, -0.25) is 9.89 Å². The lowest BCUT2D eigenvalue weighted by molar-refractivity contribution is 0.224. The standard InChI is InChI=1S/C21H35N7.HI/c1-5-20-26-25-17-28(20)15-14-23-21(22-6-2)24-16-19(27(7-3)8-4)18-12-10-9-11-13-18;/h9-13,17,19H,5-8,14-16H2,1-4H3,(H2,22,23,24);1H. The van der Waals surface area contributed by atoms with E-state index in [0.29, 0.717) is 6.54 Å². The summed E-state index contributed by atoms with van der Waals surface area (Å²) in [6.07, 6.45) is 2.67. The fraction of sp³-hybridized carbons (Fsp3) is 0.571. The van der Waals surface area contributed by atoms with Crippen molar-refractivity contribution < 1.29 is 0 Å². The lowest BCUT2D eigenvalue weighted by atomic mass is 10.1. The van der Waals surface area contributed by atoms with Crippen LogP contribution in [-0.2, 0) is 13.0 Å². The summed E-state index contributed by atoms with van der Waals surface area (Å²) in [5.41, 5.74) is 1.31. The molecule has 0 radical (unpaired) electrons. The Morgan fingerprint density at radius 3 is 2.45 bits per heavy atom. The highest BCUT2D eigenvalue weighted by molar-refractivity contribution is 14.0. The average Bonchev–Trinajstić information content (AvgIpc) is 3.19. The van der Waals surface area contributed by atoms with Crippen LogP contribution in [0.5, 0.6) is 0 Å². The number of hydrogen-bond donors (Lipinski definition) is 2. The second-order valence-electron chi connectivity index (χ2n) is 6.59. The van der Waals surface area contributed by atoms with E-state index in [0.717, 1.165) is 50.9 Å². The van der Waals surface area contributed by atoms with Gasteiger partial charge in [0.25, 0.3) is 0 Å². The number of halogens is 1. The minimum absolute atomic E-state index is 0. The molecule has 29 heavy (non-hydrogen) atoms. The number of nitrogens with one attached hydrogen (secondary N) is 2. The molecule has 1 unspecified atom stereocenters. The van der Waals surface area contributed by atoms with Gasteiger partial charge in [-0.1, -0.05) is 51.1 Å². The first kappa shape index (κ1) is 25.4. The maximum absolute atomic E-state index is 4.88. The number of rotatable bonds is 11. The van der Waals surface area contributed by atoms with Gasteiger partial charge in [0, 0.05) is 26.1 Å². The first-order chi connectivity index (χ1) is 13.7. The van der Waals surface area contributed by atoms with Crippen LogP contribution in [0.2, 0.25) is 0 Å². The van der Waals surface area contributed by atoms with E-state index in [4.69, 9.17) is 4.99 Å². The maximum atomic E-state index is 4.88. The van der Waals surface area contributed by atoms with Crippen molar-refractivity contribution in [2.24, 2.45) is 4.99 Å². The minimum Gasteiger partial charge on any atom is -0.357 e. The predicted molar refractivity (Wildman–Crippen MR) is 131 cm³/mol. The van der Waals surface area contributed by atoms with Gasteiger partial charge in [0.05, 0.1) is 12.6 Å². The Kier molecular flexibility index (Phi) is 12.5. The van der Waals surface area contributed by atoms with Crippen LogP contribution in [0.1, 0.15) is 45.1 Å². The second-order valence-corrected chi connectivity index (χ2v) is 6.59. The molecule has 0 spiro atoms. The summed E-state index contributed by atoms with van der Waals surface area (Å²) in [5.74, 6) is 1.86. The average molecular weight is 513 g/mol. The van der Waals surface area contributed by atoms with Gasteiger partial charge in [0.1, 0.15) is 12.2 Å². The van der Waals surface area contributed by atoms with Crippen molar-refractivity contribution in [3.05, 3.63) is 48.0 Å². The molecule has 7 nitrogen and oxygen atoms in total. The Morgan fingerprint density at radius 2 is 1.83 bits per heavy atom. The zero-order valence-electron chi connectivity index (χ0n) is 18.1. The largest absolute Gasteiger partial charge is 0.357 e. The van der Waals surface area contributed by atoms with Crippen LogP contribution in [0.4, 0.5) is 0 Å². The molecule has 0 bridgehead atoms. The SMILES string of the molecule is CCNC(=NCC(c1ccccc1)N(CC)CC)NCCn1cnnc1CC.I. The molecule has 0 aliphatic rings. The zero-order valence-corrected chi connectivity index (χ0v) is 20.5. The molecule has 0 aliphatic heterocycles. The molecule has 0 aliphatic carbocycles. The van der Waals surface area contributed by atoms with Gasteiger partial charge in [0.2, 0.25) is 0 Å². The number of nitrogens with zero attached hydrogens (tertiary/aromatic N) is 5. The third kappa shape index (κ3) is 7.93. The lowest BCUT2D eigenvalue weighted by Crippen LogP contribution is -2.40. The van der Waals surface area contributed by atoms with Crippen LogP contribution < -0.4 is 10.6 Å². The molecule has 8 heteroatoms.